The molecular formula is C15H19N3O2S2. The molecule has 1 aromatic carbocycles. The van der Waals surface area contributed by atoms with E-state index in [-0.39, 0.29) is 6.04 Å². The van der Waals surface area contributed by atoms with Gasteiger partial charge < -0.3 is 0 Å². The average molecular weight is 337 g/mol. The normalized spacial score (nSPS) is 26.9. The van der Waals surface area contributed by atoms with Gasteiger partial charge in [-0.05, 0) is 43.7 Å². The van der Waals surface area contributed by atoms with Crippen LogP contribution in [0.2, 0.25) is 0 Å². The standard InChI is InChI=1S/C15H19N3O2S2/c19-22(20,14-9-3-7-12-15(14)17-21-16-12)18-10-4-6-11-5-1-2-8-13(11)18/h3,7,9,11,13H,1-2,4-6,8,10H2. The largest absolute Gasteiger partial charge is 0.245 e. The average Bonchev–Trinajstić information content (AvgIpc) is 3.02. The van der Waals surface area contributed by atoms with E-state index in [0.29, 0.717) is 28.4 Å². The van der Waals surface area contributed by atoms with Crippen LogP contribution in [0.25, 0.3) is 11.0 Å². The Morgan fingerprint density at radius 3 is 2.82 bits per heavy atom. The third kappa shape index (κ3) is 2.26. The zero-order chi connectivity index (χ0) is 15.2. The van der Waals surface area contributed by atoms with Gasteiger partial charge in [-0.15, -0.1) is 0 Å². The maximum absolute atomic E-state index is 13.2. The van der Waals surface area contributed by atoms with E-state index in [9.17, 15) is 8.42 Å². The molecular weight excluding hydrogens is 318 g/mol. The van der Waals surface area contributed by atoms with E-state index < -0.39 is 10.0 Å². The minimum Gasteiger partial charge on any atom is -0.207 e. The Balaban J connectivity index is 1.78. The summed E-state index contributed by atoms with van der Waals surface area (Å²) in [5, 5.41) is 0. The summed E-state index contributed by atoms with van der Waals surface area (Å²) in [6, 6.07) is 5.43. The molecule has 1 saturated heterocycles. The summed E-state index contributed by atoms with van der Waals surface area (Å²) in [5.74, 6) is 0.532. The molecule has 0 bridgehead atoms. The maximum atomic E-state index is 13.2. The predicted octanol–water partition coefficient (Wildman–Crippen LogP) is 3.03. The second-order valence-corrected chi connectivity index (χ2v) is 8.65. The van der Waals surface area contributed by atoms with Crippen molar-refractivity contribution in [2.24, 2.45) is 5.92 Å². The fourth-order valence-corrected chi connectivity index (χ4v) is 6.50. The van der Waals surface area contributed by atoms with Gasteiger partial charge >= 0.3 is 0 Å². The number of hydrogen-bond donors (Lipinski definition) is 0. The highest BCUT2D eigenvalue weighted by Gasteiger charge is 2.40. The van der Waals surface area contributed by atoms with Crippen LogP contribution in [0.3, 0.4) is 0 Å². The molecule has 0 amide bonds. The lowest BCUT2D eigenvalue weighted by Crippen LogP contribution is -2.49. The Bertz CT molecular complexity index is 785. The zero-order valence-electron chi connectivity index (χ0n) is 12.3. The summed E-state index contributed by atoms with van der Waals surface area (Å²) >= 11 is 1.07. The Hall–Kier alpha value is -1.05. The second-order valence-electron chi connectivity index (χ2n) is 6.26. The molecule has 0 spiro atoms. The minimum absolute atomic E-state index is 0.175. The Morgan fingerprint density at radius 2 is 1.91 bits per heavy atom. The Kier molecular flexibility index (Phi) is 3.66. The van der Waals surface area contributed by atoms with E-state index in [1.807, 2.05) is 6.07 Å². The van der Waals surface area contributed by atoms with Gasteiger partial charge in [-0.3, -0.25) is 0 Å². The number of benzene rings is 1. The van der Waals surface area contributed by atoms with Crippen molar-refractivity contribution >= 4 is 32.8 Å². The molecule has 2 unspecified atom stereocenters. The predicted molar refractivity (Wildman–Crippen MR) is 86.3 cm³/mol. The molecule has 0 radical (unpaired) electrons. The molecule has 1 saturated carbocycles. The van der Waals surface area contributed by atoms with Gasteiger partial charge in [0.15, 0.2) is 0 Å². The van der Waals surface area contributed by atoms with E-state index >= 15 is 0 Å². The number of hydrogen-bond acceptors (Lipinski definition) is 5. The van der Waals surface area contributed by atoms with Crippen molar-refractivity contribution in [1.82, 2.24) is 13.1 Å². The molecule has 1 aliphatic carbocycles. The fraction of sp³-hybridized carbons (Fsp3) is 0.600. The molecule has 2 heterocycles. The summed E-state index contributed by atoms with van der Waals surface area (Å²) in [4.78, 5) is 0.324. The molecule has 2 aliphatic rings. The van der Waals surface area contributed by atoms with Gasteiger partial charge in [0, 0.05) is 12.6 Å². The molecule has 22 heavy (non-hydrogen) atoms. The first-order chi connectivity index (χ1) is 10.7. The molecule has 0 N–H and O–H groups in total. The summed E-state index contributed by atoms with van der Waals surface area (Å²) < 4.78 is 36.6. The third-order valence-electron chi connectivity index (χ3n) is 5.03. The number of sulfonamides is 1. The van der Waals surface area contributed by atoms with Gasteiger partial charge in [0.2, 0.25) is 10.0 Å². The van der Waals surface area contributed by atoms with Crippen LogP contribution in [0.1, 0.15) is 38.5 Å². The van der Waals surface area contributed by atoms with Crippen molar-refractivity contribution in [2.75, 3.05) is 6.54 Å². The zero-order valence-corrected chi connectivity index (χ0v) is 13.9. The smallest absolute Gasteiger partial charge is 0.207 e. The van der Waals surface area contributed by atoms with Crippen LogP contribution < -0.4 is 0 Å². The van der Waals surface area contributed by atoms with Crippen molar-refractivity contribution in [3.63, 3.8) is 0 Å². The SMILES string of the molecule is O=S(=O)(c1cccc2nsnc12)N1CCCC2CCCCC21. The maximum Gasteiger partial charge on any atom is 0.245 e. The molecule has 7 heteroatoms. The van der Waals surface area contributed by atoms with Crippen molar-refractivity contribution in [2.45, 2.75) is 49.5 Å². The van der Waals surface area contributed by atoms with Crippen LogP contribution in [0, 0.1) is 5.92 Å². The van der Waals surface area contributed by atoms with Crippen LogP contribution in [0.4, 0.5) is 0 Å². The van der Waals surface area contributed by atoms with Crippen molar-refractivity contribution in [3.8, 4) is 0 Å². The van der Waals surface area contributed by atoms with Gasteiger partial charge in [-0.25, -0.2) is 8.42 Å². The van der Waals surface area contributed by atoms with Crippen LogP contribution in [-0.2, 0) is 10.0 Å². The van der Waals surface area contributed by atoms with Crippen LogP contribution >= 0.6 is 11.7 Å². The van der Waals surface area contributed by atoms with Crippen molar-refractivity contribution < 1.29 is 8.42 Å². The lowest BCUT2D eigenvalue weighted by molar-refractivity contribution is 0.129. The highest BCUT2D eigenvalue weighted by Crippen LogP contribution is 2.38. The van der Waals surface area contributed by atoms with Gasteiger partial charge in [-0.2, -0.15) is 13.1 Å². The van der Waals surface area contributed by atoms with Gasteiger partial charge in [0.25, 0.3) is 0 Å². The summed E-state index contributed by atoms with van der Waals surface area (Å²) in [6.07, 6.45) is 6.66. The first-order valence-corrected chi connectivity index (χ1v) is 10.1. The molecule has 2 fully saturated rings. The topological polar surface area (TPSA) is 63.2 Å². The fourth-order valence-electron chi connectivity index (χ4n) is 3.99. The van der Waals surface area contributed by atoms with Gasteiger partial charge in [0.1, 0.15) is 15.9 Å². The first kappa shape index (κ1) is 14.5. The molecule has 1 aliphatic heterocycles. The van der Waals surface area contributed by atoms with E-state index in [1.54, 1.807) is 16.4 Å². The highest BCUT2D eigenvalue weighted by atomic mass is 32.2. The lowest BCUT2D eigenvalue weighted by Gasteiger charge is -2.43. The molecule has 4 rings (SSSR count). The van der Waals surface area contributed by atoms with E-state index in [2.05, 4.69) is 8.75 Å². The molecule has 5 nitrogen and oxygen atoms in total. The minimum atomic E-state index is -3.49. The van der Waals surface area contributed by atoms with E-state index in [4.69, 9.17) is 0 Å². The molecule has 1 aromatic heterocycles. The Labute approximate surface area is 134 Å². The Morgan fingerprint density at radius 1 is 1.09 bits per heavy atom. The number of aromatic nitrogens is 2. The van der Waals surface area contributed by atoms with Crippen molar-refractivity contribution in [3.05, 3.63) is 18.2 Å². The summed E-state index contributed by atoms with van der Waals surface area (Å²) in [5.41, 5.74) is 1.19. The van der Waals surface area contributed by atoms with Crippen LogP contribution in [-0.4, -0.2) is 34.1 Å². The molecule has 118 valence electrons. The van der Waals surface area contributed by atoms with Gasteiger partial charge in [-0.1, -0.05) is 18.9 Å². The molecule has 2 atom stereocenters. The number of piperidine rings is 1. The van der Waals surface area contributed by atoms with Crippen molar-refractivity contribution in [1.29, 1.82) is 0 Å². The highest BCUT2D eigenvalue weighted by molar-refractivity contribution is 7.89. The summed E-state index contributed by atoms with van der Waals surface area (Å²) in [6.45, 7) is 0.636. The van der Waals surface area contributed by atoms with E-state index in [1.165, 1.54) is 19.3 Å². The second kappa shape index (κ2) is 5.54. The first-order valence-electron chi connectivity index (χ1n) is 7.91. The van der Waals surface area contributed by atoms with Crippen LogP contribution in [0.5, 0.6) is 0 Å². The monoisotopic (exact) mass is 337 g/mol. The number of fused-ring (bicyclic) bond motifs is 2. The third-order valence-corrected chi connectivity index (χ3v) is 7.53. The quantitative estimate of drug-likeness (QED) is 0.845. The number of nitrogens with zero attached hydrogens (tertiary/aromatic N) is 3. The lowest BCUT2D eigenvalue weighted by atomic mass is 9.79. The molecule has 2 aromatic rings. The van der Waals surface area contributed by atoms with E-state index in [0.717, 1.165) is 31.0 Å². The van der Waals surface area contributed by atoms with Gasteiger partial charge in [0.05, 0.1) is 11.7 Å². The number of rotatable bonds is 2. The summed E-state index contributed by atoms with van der Waals surface area (Å²) in [7, 11) is -3.49. The van der Waals surface area contributed by atoms with Crippen LogP contribution in [0.15, 0.2) is 23.1 Å².